The predicted octanol–water partition coefficient (Wildman–Crippen LogP) is 3.37. The van der Waals surface area contributed by atoms with E-state index in [9.17, 15) is 9.59 Å². The van der Waals surface area contributed by atoms with Crippen molar-refractivity contribution in [3.8, 4) is 0 Å². The molecule has 2 atom stereocenters. The first-order valence-corrected chi connectivity index (χ1v) is 8.42. The number of carbonyl (C=O) groups is 2. The Morgan fingerprint density at radius 3 is 2.65 bits per heavy atom. The summed E-state index contributed by atoms with van der Waals surface area (Å²) < 4.78 is 0. The van der Waals surface area contributed by atoms with Crippen LogP contribution in [-0.2, 0) is 9.59 Å². The van der Waals surface area contributed by atoms with Crippen LogP contribution in [0.25, 0.3) is 0 Å². The number of anilines is 1. The van der Waals surface area contributed by atoms with Gasteiger partial charge in [0.1, 0.15) is 0 Å². The smallest absolute Gasteiger partial charge is 0.238 e. The van der Waals surface area contributed by atoms with Gasteiger partial charge in [0, 0.05) is 11.3 Å². The number of nitrogens with one attached hydrogen (secondary N) is 2. The fourth-order valence-corrected chi connectivity index (χ4v) is 3.63. The van der Waals surface area contributed by atoms with Gasteiger partial charge in [-0.15, -0.1) is 11.8 Å². The SMILES string of the molecule is C[C@@H](NC(=O)C[C@H]1Sc2ccccc2NC1=O)c1ccccc1. The Labute approximate surface area is 139 Å². The lowest BCUT2D eigenvalue weighted by atomic mass is 10.1. The highest BCUT2D eigenvalue weighted by Gasteiger charge is 2.29. The van der Waals surface area contributed by atoms with E-state index in [1.807, 2.05) is 61.5 Å². The number of rotatable bonds is 4. The van der Waals surface area contributed by atoms with Gasteiger partial charge in [-0.05, 0) is 24.6 Å². The Kier molecular flexibility index (Phi) is 4.67. The Balaban J connectivity index is 1.61. The molecule has 0 aliphatic carbocycles. The van der Waals surface area contributed by atoms with Crippen molar-refractivity contribution in [3.63, 3.8) is 0 Å². The number of thioether (sulfide) groups is 1. The first-order valence-electron chi connectivity index (χ1n) is 7.54. The van der Waals surface area contributed by atoms with Crippen LogP contribution in [0.2, 0.25) is 0 Å². The summed E-state index contributed by atoms with van der Waals surface area (Å²) in [7, 11) is 0. The van der Waals surface area contributed by atoms with Crippen molar-refractivity contribution in [1.82, 2.24) is 5.32 Å². The molecule has 0 bridgehead atoms. The summed E-state index contributed by atoms with van der Waals surface area (Å²) in [6, 6.07) is 17.3. The second-order valence-electron chi connectivity index (χ2n) is 5.50. The van der Waals surface area contributed by atoms with Gasteiger partial charge in [-0.2, -0.15) is 0 Å². The molecule has 0 radical (unpaired) electrons. The molecular weight excluding hydrogens is 308 g/mol. The van der Waals surface area contributed by atoms with E-state index in [0.29, 0.717) is 0 Å². The zero-order chi connectivity index (χ0) is 16.2. The van der Waals surface area contributed by atoms with Gasteiger partial charge in [0.25, 0.3) is 0 Å². The summed E-state index contributed by atoms with van der Waals surface area (Å²) in [5.74, 6) is -0.232. The third-order valence-electron chi connectivity index (χ3n) is 3.75. The molecule has 1 aliphatic rings. The molecule has 0 unspecified atom stereocenters. The molecule has 1 aliphatic heterocycles. The summed E-state index contributed by atoms with van der Waals surface area (Å²) in [5.41, 5.74) is 1.86. The molecule has 0 saturated heterocycles. The number of hydrogen-bond donors (Lipinski definition) is 2. The molecule has 4 nitrogen and oxygen atoms in total. The highest BCUT2D eigenvalue weighted by Crippen LogP contribution is 2.36. The van der Waals surface area contributed by atoms with Gasteiger partial charge >= 0.3 is 0 Å². The summed E-state index contributed by atoms with van der Waals surface area (Å²) in [6.45, 7) is 1.94. The summed E-state index contributed by atoms with van der Waals surface area (Å²) in [4.78, 5) is 25.4. The first-order chi connectivity index (χ1) is 11.1. The van der Waals surface area contributed by atoms with Gasteiger partial charge in [0.2, 0.25) is 11.8 Å². The Morgan fingerprint density at radius 2 is 1.87 bits per heavy atom. The number of hydrogen-bond acceptors (Lipinski definition) is 3. The molecule has 2 amide bonds. The number of carbonyl (C=O) groups excluding carboxylic acids is 2. The monoisotopic (exact) mass is 326 g/mol. The topological polar surface area (TPSA) is 58.2 Å². The van der Waals surface area contributed by atoms with Crippen molar-refractivity contribution < 1.29 is 9.59 Å². The van der Waals surface area contributed by atoms with Crippen molar-refractivity contribution in [3.05, 3.63) is 60.2 Å². The Hall–Kier alpha value is -2.27. The number of benzene rings is 2. The molecule has 2 aromatic rings. The zero-order valence-corrected chi connectivity index (χ0v) is 13.6. The molecule has 2 aromatic carbocycles. The molecular formula is C18H18N2O2S. The van der Waals surface area contributed by atoms with Gasteiger partial charge in [0.15, 0.2) is 0 Å². The van der Waals surface area contributed by atoms with Gasteiger partial charge in [-0.3, -0.25) is 9.59 Å². The van der Waals surface area contributed by atoms with Crippen LogP contribution in [0.15, 0.2) is 59.5 Å². The molecule has 23 heavy (non-hydrogen) atoms. The molecule has 0 saturated carbocycles. The average Bonchev–Trinajstić information content (AvgIpc) is 2.56. The minimum atomic E-state index is -0.395. The second kappa shape index (κ2) is 6.87. The molecule has 0 spiro atoms. The van der Waals surface area contributed by atoms with E-state index < -0.39 is 5.25 Å². The van der Waals surface area contributed by atoms with Gasteiger partial charge in [0.05, 0.1) is 17.0 Å². The summed E-state index contributed by atoms with van der Waals surface area (Å²) in [5, 5.41) is 5.42. The van der Waals surface area contributed by atoms with Gasteiger partial charge in [-0.1, -0.05) is 42.5 Å². The van der Waals surface area contributed by atoms with Crippen LogP contribution in [0.4, 0.5) is 5.69 Å². The second-order valence-corrected chi connectivity index (χ2v) is 6.74. The lowest BCUT2D eigenvalue weighted by Gasteiger charge is -2.24. The van der Waals surface area contributed by atoms with Crippen LogP contribution in [0, 0.1) is 0 Å². The van der Waals surface area contributed by atoms with E-state index in [-0.39, 0.29) is 24.3 Å². The first kappa shape index (κ1) is 15.6. The zero-order valence-electron chi connectivity index (χ0n) is 12.8. The molecule has 0 aromatic heterocycles. The standard InChI is InChI=1S/C18H18N2O2S/c1-12(13-7-3-2-4-8-13)19-17(21)11-16-18(22)20-14-9-5-6-10-15(14)23-16/h2-10,12,16H,11H2,1H3,(H,19,21)(H,20,22)/t12-,16-/m1/s1. The molecule has 2 N–H and O–H groups in total. The van der Waals surface area contributed by atoms with Gasteiger partial charge < -0.3 is 10.6 Å². The van der Waals surface area contributed by atoms with E-state index in [4.69, 9.17) is 0 Å². The van der Waals surface area contributed by atoms with Crippen molar-refractivity contribution in [2.45, 2.75) is 29.5 Å². The Morgan fingerprint density at radius 1 is 1.17 bits per heavy atom. The molecule has 0 fully saturated rings. The van der Waals surface area contributed by atoms with E-state index in [1.165, 1.54) is 11.8 Å². The largest absolute Gasteiger partial charge is 0.350 e. The average molecular weight is 326 g/mol. The van der Waals surface area contributed by atoms with Crippen molar-refractivity contribution >= 4 is 29.3 Å². The highest BCUT2D eigenvalue weighted by atomic mass is 32.2. The lowest BCUT2D eigenvalue weighted by Crippen LogP contribution is -2.35. The van der Waals surface area contributed by atoms with Crippen molar-refractivity contribution in [2.24, 2.45) is 0 Å². The fraction of sp³-hybridized carbons (Fsp3) is 0.222. The molecule has 1 heterocycles. The molecule has 3 rings (SSSR count). The third-order valence-corrected chi connectivity index (χ3v) is 5.03. The van der Waals surface area contributed by atoms with Crippen LogP contribution in [0.5, 0.6) is 0 Å². The third kappa shape index (κ3) is 3.74. The maximum Gasteiger partial charge on any atom is 0.238 e. The molecule has 118 valence electrons. The number of amides is 2. The predicted molar refractivity (Wildman–Crippen MR) is 92.3 cm³/mol. The number of fused-ring (bicyclic) bond motifs is 1. The quantitative estimate of drug-likeness (QED) is 0.906. The Bertz CT molecular complexity index is 718. The van der Waals surface area contributed by atoms with Crippen LogP contribution >= 0.6 is 11.8 Å². The molecule has 5 heteroatoms. The number of para-hydroxylation sites is 1. The minimum absolute atomic E-state index is 0.0763. The summed E-state index contributed by atoms with van der Waals surface area (Å²) >= 11 is 1.44. The normalized spacial score (nSPS) is 17.8. The highest BCUT2D eigenvalue weighted by molar-refractivity contribution is 8.01. The van der Waals surface area contributed by atoms with Crippen molar-refractivity contribution in [1.29, 1.82) is 0 Å². The van der Waals surface area contributed by atoms with Crippen LogP contribution in [0.1, 0.15) is 24.9 Å². The van der Waals surface area contributed by atoms with Crippen LogP contribution in [-0.4, -0.2) is 17.1 Å². The van der Waals surface area contributed by atoms with E-state index in [0.717, 1.165) is 16.1 Å². The lowest BCUT2D eigenvalue weighted by molar-refractivity contribution is -0.124. The summed E-state index contributed by atoms with van der Waals surface area (Å²) in [6.07, 6.45) is 0.169. The van der Waals surface area contributed by atoms with E-state index in [1.54, 1.807) is 0 Å². The maximum atomic E-state index is 12.2. The van der Waals surface area contributed by atoms with Crippen LogP contribution in [0.3, 0.4) is 0 Å². The van der Waals surface area contributed by atoms with Gasteiger partial charge in [-0.25, -0.2) is 0 Å². The maximum absolute atomic E-state index is 12.2. The van der Waals surface area contributed by atoms with E-state index in [2.05, 4.69) is 10.6 Å². The minimum Gasteiger partial charge on any atom is -0.350 e. The van der Waals surface area contributed by atoms with E-state index >= 15 is 0 Å². The fourth-order valence-electron chi connectivity index (χ4n) is 2.52. The van der Waals surface area contributed by atoms with Crippen molar-refractivity contribution in [2.75, 3.05) is 5.32 Å². The van der Waals surface area contributed by atoms with Crippen LogP contribution < -0.4 is 10.6 Å².